The largest absolute Gasteiger partial charge is 0.394 e. The normalized spacial score (nSPS) is 11.6. The van der Waals surface area contributed by atoms with Gasteiger partial charge in [-0.1, -0.05) is 19.1 Å². The van der Waals surface area contributed by atoms with Crippen molar-refractivity contribution in [3.8, 4) is 0 Å². The highest BCUT2D eigenvalue weighted by molar-refractivity contribution is 5.49. The van der Waals surface area contributed by atoms with Crippen LogP contribution in [0.15, 0.2) is 24.3 Å². The molecule has 0 spiro atoms. The van der Waals surface area contributed by atoms with Gasteiger partial charge in [-0.2, -0.15) is 0 Å². The van der Waals surface area contributed by atoms with Crippen molar-refractivity contribution in [3.05, 3.63) is 29.8 Å². The molecule has 0 aliphatic heterocycles. The maximum atomic E-state index is 9.37. The van der Waals surface area contributed by atoms with E-state index in [0.29, 0.717) is 0 Å². The Kier molecular flexibility index (Phi) is 5.63. The summed E-state index contributed by atoms with van der Waals surface area (Å²) in [5.74, 6) is 0. The number of likely N-dealkylation sites (N-methyl/N-ethyl adjacent to an activating group) is 1. The van der Waals surface area contributed by atoms with Crippen molar-refractivity contribution < 1.29 is 5.11 Å². The minimum absolute atomic E-state index is 0.142. The molecular formula is C15H26N2O. The molecule has 1 aromatic carbocycles. The van der Waals surface area contributed by atoms with E-state index in [0.717, 1.165) is 25.2 Å². The molecule has 0 bridgehead atoms. The Balaban J connectivity index is 2.65. The average molecular weight is 250 g/mol. The Hall–Kier alpha value is -1.06. The van der Waals surface area contributed by atoms with Gasteiger partial charge in [0.15, 0.2) is 0 Å². The van der Waals surface area contributed by atoms with Crippen LogP contribution in [0.4, 0.5) is 5.69 Å². The van der Waals surface area contributed by atoms with Crippen molar-refractivity contribution in [1.82, 2.24) is 5.32 Å². The Morgan fingerprint density at radius 2 is 1.83 bits per heavy atom. The maximum Gasteiger partial charge on any atom is 0.0658 e. The quantitative estimate of drug-likeness (QED) is 0.729. The van der Waals surface area contributed by atoms with Crippen molar-refractivity contribution in [3.63, 3.8) is 0 Å². The monoisotopic (exact) mass is 250 g/mol. The van der Waals surface area contributed by atoms with Crippen molar-refractivity contribution in [2.45, 2.75) is 39.3 Å². The summed E-state index contributed by atoms with van der Waals surface area (Å²) >= 11 is 0. The molecule has 3 heteroatoms. The molecule has 0 saturated heterocycles. The average Bonchev–Trinajstić information content (AvgIpc) is 2.39. The SMILES string of the molecule is CCCNCc1ccc(N(C)C(C)(C)CO)cc1. The van der Waals surface area contributed by atoms with Gasteiger partial charge in [-0.15, -0.1) is 0 Å². The van der Waals surface area contributed by atoms with Gasteiger partial charge in [0, 0.05) is 19.3 Å². The van der Waals surface area contributed by atoms with Gasteiger partial charge < -0.3 is 15.3 Å². The van der Waals surface area contributed by atoms with Crippen molar-refractivity contribution in [2.75, 3.05) is 25.1 Å². The number of benzene rings is 1. The zero-order valence-corrected chi connectivity index (χ0v) is 12.0. The van der Waals surface area contributed by atoms with E-state index in [9.17, 15) is 5.11 Å². The number of aliphatic hydroxyl groups excluding tert-OH is 1. The summed E-state index contributed by atoms with van der Waals surface area (Å²) in [6, 6.07) is 8.50. The summed E-state index contributed by atoms with van der Waals surface area (Å²) in [5, 5.41) is 12.8. The molecule has 18 heavy (non-hydrogen) atoms. The summed E-state index contributed by atoms with van der Waals surface area (Å²) < 4.78 is 0. The lowest BCUT2D eigenvalue weighted by atomic mass is 10.0. The standard InChI is InChI=1S/C15H26N2O/c1-5-10-16-11-13-6-8-14(9-7-13)17(4)15(2,3)12-18/h6-9,16,18H,5,10-12H2,1-4H3. The maximum absolute atomic E-state index is 9.37. The Morgan fingerprint density at radius 1 is 1.22 bits per heavy atom. The third-order valence-corrected chi connectivity index (χ3v) is 3.37. The second-order valence-corrected chi connectivity index (χ2v) is 5.37. The van der Waals surface area contributed by atoms with E-state index in [1.165, 1.54) is 5.56 Å². The first kappa shape index (κ1) is 15.0. The Labute approximate surface area is 111 Å². The van der Waals surface area contributed by atoms with E-state index in [1.54, 1.807) is 0 Å². The van der Waals surface area contributed by atoms with Crippen molar-refractivity contribution in [1.29, 1.82) is 0 Å². The van der Waals surface area contributed by atoms with E-state index >= 15 is 0 Å². The van der Waals surface area contributed by atoms with Crippen LogP contribution in [0.25, 0.3) is 0 Å². The number of rotatable bonds is 7. The molecule has 0 saturated carbocycles. The lowest BCUT2D eigenvalue weighted by Crippen LogP contribution is -2.44. The highest BCUT2D eigenvalue weighted by atomic mass is 16.3. The van der Waals surface area contributed by atoms with Crippen molar-refractivity contribution >= 4 is 5.69 Å². The second-order valence-electron chi connectivity index (χ2n) is 5.37. The smallest absolute Gasteiger partial charge is 0.0658 e. The molecule has 0 amide bonds. The van der Waals surface area contributed by atoms with Gasteiger partial charge in [0.25, 0.3) is 0 Å². The van der Waals surface area contributed by atoms with E-state index in [1.807, 2.05) is 20.9 Å². The summed E-state index contributed by atoms with van der Waals surface area (Å²) in [7, 11) is 2.01. The number of nitrogens with one attached hydrogen (secondary N) is 1. The third kappa shape index (κ3) is 4.00. The number of hydrogen-bond donors (Lipinski definition) is 2. The number of anilines is 1. The van der Waals surface area contributed by atoms with Crippen LogP contribution in [0, 0.1) is 0 Å². The minimum Gasteiger partial charge on any atom is -0.394 e. The van der Waals surface area contributed by atoms with E-state index in [-0.39, 0.29) is 12.1 Å². The van der Waals surface area contributed by atoms with Gasteiger partial charge in [0.05, 0.1) is 12.1 Å². The molecule has 0 aliphatic carbocycles. The zero-order valence-electron chi connectivity index (χ0n) is 12.0. The van der Waals surface area contributed by atoms with Crippen LogP contribution in [0.2, 0.25) is 0 Å². The number of aliphatic hydroxyl groups is 1. The van der Waals surface area contributed by atoms with Crippen LogP contribution >= 0.6 is 0 Å². The summed E-state index contributed by atoms with van der Waals surface area (Å²) in [4.78, 5) is 2.11. The van der Waals surface area contributed by atoms with E-state index < -0.39 is 0 Å². The predicted octanol–water partition coefficient (Wildman–Crippen LogP) is 2.39. The molecule has 0 unspecified atom stereocenters. The molecule has 0 aliphatic rings. The molecule has 1 aromatic rings. The van der Waals surface area contributed by atoms with Gasteiger partial charge in [-0.3, -0.25) is 0 Å². The van der Waals surface area contributed by atoms with Crippen LogP contribution in [0.5, 0.6) is 0 Å². The highest BCUT2D eigenvalue weighted by Gasteiger charge is 2.22. The zero-order chi connectivity index (χ0) is 13.6. The van der Waals surface area contributed by atoms with Crippen LogP contribution in [0.3, 0.4) is 0 Å². The summed E-state index contributed by atoms with van der Waals surface area (Å²) in [5.41, 5.74) is 2.19. The van der Waals surface area contributed by atoms with Crippen LogP contribution in [0.1, 0.15) is 32.8 Å². The minimum atomic E-state index is -0.234. The van der Waals surface area contributed by atoms with Gasteiger partial charge in [-0.25, -0.2) is 0 Å². The molecule has 1 rings (SSSR count). The predicted molar refractivity (Wildman–Crippen MR) is 78.0 cm³/mol. The fraction of sp³-hybridized carbons (Fsp3) is 0.600. The number of hydrogen-bond acceptors (Lipinski definition) is 3. The summed E-state index contributed by atoms with van der Waals surface area (Å²) in [6.45, 7) is 8.35. The first-order valence-electron chi connectivity index (χ1n) is 6.65. The van der Waals surface area contributed by atoms with Gasteiger partial charge in [0.2, 0.25) is 0 Å². The van der Waals surface area contributed by atoms with Gasteiger partial charge >= 0.3 is 0 Å². The Bertz CT molecular complexity index is 346. The lowest BCUT2D eigenvalue weighted by molar-refractivity contribution is 0.216. The van der Waals surface area contributed by atoms with Gasteiger partial charge in [-0.05, 0) is 44.5 Å². The first-order valence-corrected chi connectivity index (χ1v) is 6.65. The first-order chi connectivity index (χ1) is 8.51. The molecule has 0 aromatic heterocycles. The fourth-order valence-corrected chi connectivity index (χ4v) is 1.70. The molecule has 3 nitrogen and oxygen atoms in total. The van der Waals surface area contributed by atoms with Crippen LogP contribution in [-0.4, -0.2) is 30.8 Å². The fourth-order valence-electron chi connectivity index (χ4n) is 1.70. The molecule has 2 N–H and O–H groups in total. The van der Waals surface area contributed by atoms with Crippen LogP contribution in [-0.2, 0) is 6.54 Å². The number of nitrogens with zero attached hydrogens (tertiary/aromatic N) is 1. The van der Waals surface area contributed by atoms with E-state index in [4.69, 9.17) is 0 Å². The van der Waals surface area contributed by atoms with Gasteiger partial charge in [0.1, 0.15) is 0 Å². The molecule has 0 radical (unpaired) electrons. The van der Waals surface area contributed by atoms with Crippen molar-refractivity contribution in [2.24, 2.45) is 0 Å². The molecule has 102 valence electrons. The Morgan fingerprint density at radius 3 is 2.33 bits per heavy atom. The third-order valence-electron chi connectivity index (χ3n) is 3.37. The second kappa shape index (κ2) is 6.76. The van der Waals surface area contributed by atoms with E-state index in [2.05, 4.69) is 41.4 Å². The lowest BCUT2D eigenvalue weighted by Gasteiger charge is -2.36. The molecule has 0 heterocycles. The van der Waals surface area contributed by atoms with Crippen LogP contribution < -0.4 is 10.2 Å². The molecular weight excluding hydrogens is 224 g/mol. The highest BCUT2D eigenvalue weighted by Crippen LogP contribution is 2.22. The topological polar surface area (TPSA) is 35.5 Å². The molecule has 0 fully saturated rings. The molecule has 0 atom stereocenters. The summed E-state index contributed by atoms with van der Waals surface area (Å²) in [6.07, 6.45) is 1.16.